The van der Waals surface area contributed by atoms with Gasteiger partial charge >= 0.3 is 0 Å². The maximum Gasteiger partial charge on any atom is 0.267 e. The predicted octanol–water partition coefficient (Wildman–Crippen LogP) is 2.10. The van der Waals surface area contributed by atoms with E-state index >= 15 is 0 Å². The van der Waals surface area contributed by atoms with Crippen molar-refractivity contribution in [1.29, 1.82) is 0 Å². The summed E-state index contributed by atoms with van der Waals surface area (Å²) in [4.78, 5) is 62.7. The summed E-state index contributed by atoms with van der Waals surface area (Å²) in [6.45, 7) is 6.72. The molecule has 0 aliphatic heterocycles. The van der Waals surface area contributed by atoms with E-state index in [0.717, 1.165) is 0 Å². The van der Waals surface area contributed by atoms with Crippen LogP contribution in [0.15, 0.2) is 42.8 Å². The lowest BCUT2D eigenvalue weighted by atomic mass is 9.99. The monoisotopic (exact) mass is 427 g/mol. The van der Waals surface area contributed by atoms with E-state index in [0.29, 0.717) is 23.8 Å². The molecule has 1 atom stereocenters. The van der Waals surface area contributed by atoms with Crippen LogP contribution in [0.4, 0.5) is 0 Å². The molecule has 8 heteroatoms. The predicted molar refractivity (Wildman–Crippen MR) is 117 cm³/mol. The van der Waals surface area contributed by atoms with Crippen molar-refractivity contribution in [2.75, 3.05) is 14.1 Å². The van der Waals surface area contributed by atoms with Crippen LogP contribution in [0.5, 0.6) is 0 Å². The normalized spacial score (nSPS) is 11.8. The number of allylic oxidation sites excluding steroid dienone is 1. The number of likely N-dealkylation sites (N-methyl/N-ethyl adjacent to an activating group) is 2. The molecule has 0 saturated heterocycles. The molecule has 1 unspecified atom stereocenters. The van der Waals surface area contributed by atoms with E-state index in [1.165, 1.54) is 31.1 Å². The zero-order chi connectivity index (χ0) is 23.6. The first-order chi connectivity index (χ1) is 14.7. The van der Waals surface area contributed by atoms with Crippen LogP contribution in [-0.4, -0.2) is 60.1 Å². The van der Waals surface area contributed by atoms with Gasteiger partial charge in [-0.25, -0.2) is 0 Å². The molecule has 1 aromatic rings. The minimum Gasteiger partial charge on any atom is -0.347 e. The molecule has 0 aromatic heterocycles. The molecule has 0 aliphatic rings. The van der Waals surface area contributed by atoms with Crippen molar-refractivity contribution in [3.8, 4) is 0 Å². The Bertz CT molecular complexity index is 891. The first-order valence-corrected chi connectivity index (χ1v) is 9.81. The number of carbonyl (C=O) groups is 5. The Labute approximate surface area is 182 Å². The number of rotatable bonds is 12. The molecular formula is C23H29N3O5. The largest absolute Gasteiger partial charge is 0.347 e. The fourth-order valence-corrected chi connectivity index (χ4v) is 3.18. The Kier molecular flexibility index (Phi) is 10.0. The molecule has 31 heavy (non-hydrogen) atoms. The summed E-state index contributed by atoms with van der Waals surface area (Å²) in [7, 11) is 3.15. The Morgan fingerprint density at radius 1 is 1.19 bits per heavy atom. The van der Waals surface area contributed by atoms with Crippen molar-refractivity contribution in [1.82, 2.24) is 15.1 Å². The minimum absolute atomic E-state index is 0.0291. The minimum atomic E-state index is -0.771. The third-order valence-corrected chi connectivity index (χ3v) is 4.96. The van der Waals surface area contributed by atoms with E-state index in [1.807, 2.05) is 0 Å². The van der Waals surface area contributed by atoms with E-state index in [9.17, 15) is 24.0 Å². The molecule has 0 fully saturated rings. The third kappa shape index (κ3) is 6.47. The third-order valence-electron chi connectivity index (χ3n) is 4.96. The van der Waals surface area contributed by atoms with E-state index in [1.54, 1.807) is 37.1 Å². The zero-order valence-corrected chi connectivity index (χ0v) is 18.4. The average molecular weight is 428 g/mol. The van der Waals surface area contributed by atoms with E-state index in [2.05, 4.69) is 11.9 Å². The van der Waals surface area contributed by atoms with E-state index in [4.69, 9.17) is 0 Å². The maximum atomic E-state index is 13.0. The van der Waals surface area contributed by atoms with Gasteiger partial charge in [-0.05, 0) is 38.1 Å². The number of Topliss-reactive ketones (excluding diaryl/α,β-unsaturated/α-hetero) is 1. The second kappa shape index (κ2) is 12.2. The quantitative estimate of drug-likeness (QED) is 0.405. The SMILES string of the molecule is C=CN(C)/C(=C\C)C(=O)NCc1cccc(C(=O)N(C)C(CCC=O)C(C)=O)c1C=O. The van der Waals surface area contributed by atoms with Gasteiger partial charge in [0, 0.05) is 32.6 Å². The molecule has 1 N–H and O–H groups in total. The molecule has 1 aromatic carbocycles. The Hall–Kier alpha value is -3.55. The molecule has 0 saturated carbocycles. The van der Waals surface area contributed by atoms with Crippen molar-refractivity contribution < 1.29 is 24.0 Å². The number of nitrogens with one attached hydrogen (secondary N) is 1. The van der Waals surface area contributed by atoms with Gasteiger partial charge in [0.15, 0.2) is 12.1 Å². The van der Waals surface area contributed by atoms with Crippen LogP contribution in [0.3, 0.4) is 0 Å². The highest BCUT2D eigenvalue weighted by Crippen LogP contribution is 2.18. The highest BCUT2D eigenvalue weighted by Gasteiger charge is 2.26. The zero-order valence-electron chi connectivity index (χ0n) is 18.4. The molecule has 0 spiro atoms. The number of amides is 2. The molecule has 0 bridgehead atoms. The lowest BCUT2D eigenvalue weighted by Crippen LogP contribution is -2.42. The Morgan fingerprint density at radius 3 is 2.39 bits per heavy atom. The highest BCUT2D eigenvalue weighted by atomic mass is 16.2. The van der Waals surface area contributed by atoms with Crippen molar-refractivity contribution in [3.05, 3.63) is 59.4 Å². The molecule has 0 aliphatic carbocycles. The van der Waals surface area contributed by atoms with Gasteiger partial charge in [-0.2, -0.15) is 0 Å². The van der Waals surface area contributed by atoms with Gasteiger partial charge in [-0.3, -0.25) is 19.2 Å². The number of aldehydes is 2. The van der Waals surface area contributed by atoms with Gasteiger partial charge in [0.25, 0.3) is 11.8 Å². The maximum absolute atomic E-state index is 13.0. The van der Waals surface area contributed by atoms with Crippen LogP contribution in [0.2, 0.25) is 0 Å². The number of ketones is 1. The summed E-state index contributed by atoms with van der Waals surface area (Å²) in [5, 5.41) is 2.73. The van der Waals surface area contributed by atoms with Crippen LogP contribution in [0.25, 0.3) is 0 Å². The van der Waals surface area contributed by atoms with Crippen LogP contribution < -0.4 is 5.32 Å². The first-order valence-electron chi connectivity index (χ1n) is 9.81. The summed E-state index contributed by atoms with van der Waals surface area (Å²) in [5.74, 6) is -1.12. The van der Waals surface area contributed by atoms with Gasteiger partial charge in [-0.1, -0.05) is 24.8 Å². The molecular weight excluding hydrogens is 398 g/mol. The topological polar surface area (TPSA) is 104 Å². The Balaban J connectivity index is 3.15. The molecule has 1 rings (SSSR count). The molecule has 8 nitrogen and oxygen atoms in total. The van der Waals surface area contributed by atoms with Gasteiger partial charge in [0.05, 0.1) is 11.6 Å². The Morgan fingerprint density at radius 2 is 1.87 bits per heavy atom. The number of benzene rings is 1. The van der Waals surface area contributed by atoms with Crippen molar-refractivity contribution in [3.63, 3.8) is 0 Å². The van der Waals surface area contributed by atoms with Gasteiger partial charge in [-0.15, -0.1) is 0 Å². The fraction of sp³-hybridized carbons (Fsp3) is 0.348. The van der Waals surface area contributed by atoms with Crippen LogP contribution >= 0.6 is 0 Å². The molecule has 2 amide bonds. The van der Waals surface area contributed by atoms with E-state index in [-0.39, 0.29) is 42.2 Å². The van der Waals surface area contributed by atoms with E-state index < -0.39 is 11.9 Å². The number of nitrogens with zero attached hydrogens (tertiary/aromatic N) is 2. The first kappa shape index (κ1) is 25.5. The second-order valence-electron chi connectivity index (χ2n) is 6.93. The standard InChI is InChI=1S/C23H29N3O5/c1-6-20(25(4)7-2)22(30)24-14-17-10-8-11-18(19(17)15-28)23(31)26(5)21(16(3)29)12-9-13-27/h6-8,10-11,13,15,21H,2,9,12,14H2,1,3-5H3,(H,24,30)/b20-6-. The highest BCUT2D eigenvalue weighted by molar-refractivity contribution is 6.04. The lowest BCUT2D eigenvalue weighted by Gasteiger charge is -2.26. The van der Waals surface area contributed by atoms with Crippen molar-refractivity contribution >= 4 is 30.2 Å². The molecule has 166 valence electrons. The summed E-state index contributed by atoms with van der Waals surface area (Å²) in [6.07, 6.45) is 4.72. The van der Waals surface area contributed by atoms with Gasteiger partial charge in [0.1, 0.15) is 12.0 Å². The summed E-state index contributed by atoms with van der Waals surface area (Å²) < 4.78 is 0. The summed E-state index contributed by atoms with van der Waals surface area (Å²) in [5.41, 5.74) is 1.10. The smallest absolute Gasteiger partial charge is 0.267 e. The summed E-state index contributed by atoms with van der Waals surface area (Å²) >= 11 is 0. The van der Waals surface area contributed by atoms with Crippen LogP contribution in [0.1, 0.15) is 53.0 Å². The van der Waals surface area contributed by atoms with Crippen LogP contribution in [-0.2, 0) is 20.9 Å². The average Bonchev–Trinajstić information content (AvgIpc) is 2.76. The van der Waals surface area contributed by atoms with Crippen molar-refractivity contribution in [2.24, 2.45) is 0 Å². The molecule has 0 radical (unpaired) electrons. The number of hydrogen-bond donors (Lipinski definition) is 1. The van der Waals surface area contributed by atoms with Crippen molar-refractivity contribution in [2.45, 2.75) is 39.3 Å². The lowest BCUT2D eigenvalue weighted by molar-refractivity contribution is -0.121. The van der Waals surface area contributed by atoms with Gasteiger partial charge < -0.3 is 19.9 Å². The second-order valence-corrected chi connectivity index (χ2v) is 6.93. The van der Waals surface area contributed by atoms with Gasteiger partial charge in [0.2, 0.25) is 0 Å². The molecule has 0 heterocycles. The number of carbonyl (C=O) groups excluding carboxylic acids is 5. The summed E-state index contributed by atoms with van der Waals surface area (Å²) in [6, 6.07) is 3.97. The number of hydrogen-bond acceptors (Lipinski definition) is 6. The fourth-order valence-electron chi connectivity index (χ4n) is 3.18. The van der Waals surface area contributed by atoms with Crippen LogP contribution in [0, 0.1) is 0 Å².